The predicted octanol–water partition coefficient (Wildman–Crippen LogP) is 2.85. The van der Waals surface area contributed by atoms with E-state index in [2.05, 4.69) is 19.2 Å². The number of ether oxygens (including phenoxy) is 1. The van der Waals surface area contributed by atoms with Crippen molar-refractivity contribution in [3.63, 3.8) is 0 Å². The molecule has 0 aliphatic carbocycles. The van der Waals surface area contributed by atoms with Crippen LogP contribution < -0.4 is 10.1 Å². The van der Waals surface area contributed by atoms with E-state index in [4.69, 9.17) is 4.74 Å². The molecule has 5 nitrogen and oxygen atoms in total. The van der Waals surface area contributed by atoms with Crippen molar-refractivity contribution in [3.05, 3.63) is 29.8 Å². The van der Waals surface area contributed by atoms with Gasteiger partial charge in [-0.15, -0.1) is 0 Å². The number of nitrogens with zero attached hydrogens (tertiary/aromatic N) is 1. The fraction of sp³-hybridized carbons (Fsp3) is 0.579. The molecule has 0 bridgehead atoms. The Hall–Kier alpha value is -2.04. The second kappa shape index (κ2) is 8.71. The van der Waals surface area contributed by atoms with E-state index >= 15 is 0 Å². The summed E-state index contributed by atoms with van der Waals surface area (Å²) in [6.45, 7) is 8.10. The minimum atomic E-state index is -0.0648. The number of carbonyl (C=O) groups excluding carboxylic acids is 2. The second-order valence-electron chi connectivity index (χ2n) is 6.68. The molecule has 132 valence electrons. The number of rotatable bonds is 6. The summed E-state index contributed by atoms with van der Waals surface area (Å²) in [6, 6.07) is 7.31. The summed E-state index contributed by atoms with van der Waals surface area (Å²) in [5.41, 5.74) is 0.636. The van der Waals surface area contributed by atoms with Gasteiger partial charge in [-0.2, -0.15) is 0 Å². The minimum Gasteiger partial charge on any atom is -0.494 e. The van der Waals surface area contributed by atoms with Crippen LogP contribution in [0.15, 0.2) is 24.3 Å². The summed E-state index contributed by atoms with van der Waals surface area (Å²) in [6.07, 6.45) is 2.22. The summed E-state index contributed by atoms with van der Waals surface area (Å²) in [7, 11) is 0. The van der Waals surface area contributed by atoms with E-state index in [-0.39, 0.29) is 17.9 Å². The highest BCUT2D eigenvalue weighted by atomic mass is 16.5. The highest BCUT2D eigenvalue weighted by Crippen LogP contribution is 2.15. The molecule has 0 unspecified atom stereocenters. The van der Waals surface area contributed by atoms with Crippen molar-refractivity contribution in [1.82, 2.24) is 10.2 Å². The zero-order valence-corrected chi connectivity index (χ0v) is 14.9. The Morgan fingerprint density at radius 3 is 2.38 bits per heavy atom. The number of benzene rings is 1. The van der Waals surface area contributed by atoms with E-state index in [0.717, 1.165) is 31.7 Å². The summed E-state index contributed by atoms with van der Waals surface area (Å²) >= 11 is 0. The highest BCUT2D eigenvalue weighted by Gasteiger charge is 2.24. The molecule has 5 heteroatoms. The molecule has 0 aromatic heterocycles. The molecule has 0 saturated carbocycles. The van der Waals surface area contributed by atoms with E-state index in [1.807, 2.05) is 24.0 Å². The lowest BCUT2D eigenvalue weighted by Gasteiger charge is -2.32. The Bertz CT molecular complexity index is 546. The lowest BCUT2D eigenvalue weighted by Crippen LogP contribution is -2.46. The number of hydrogen-bond donors (Lipinski definition) is 1. The van der Waals surface area contributed by atoms with Gasteiger partial charge in [0.1, 0.15) is 5.75 Å². The van der Waals surface area contributed by atoms with Gasteiger partial charge >= 0.3 is 0 Å². The smallest absolute Gasteiger partial charge is 0.251 e. The summed E-state index contributed by atoms with van der Waals surface area (Å²) in [5.74, 6) is 1.31. The molecule has 1 aliphatic heterocycles. The van der Waals surface area contributed by atoms with Crippen molar-refractivity contribution < 1.29 is 14.3 Å². The quantitative estimate of drug-likeness (QED) is 0.871. The monoisotopic (exact) mass is 332 g/mol. The average Bonchev–Trinajstić information content (AvgIpc) is 2.56. The van der Waals surface area contributed by atoms with Gasteiger partial charge in [0.05, 0.1) is 6.61 Å². The van der Waals surface area contributed by atoms with Crippen molar-refractivity contribution in [2.45, 2.75) is 46.1 Å². The number of likely N-dealkylation sites (tertiary alicyclic amines) is 1. The third kappa shape index (κ3) is 5.25. The Balaban J connectivity index is 1.80. The lowest BCUT2D eigenvalue weighted by atomic mass is 10.0. The van der Waals surface area contributed by atoms with Gasteiger partial charge in [0.15, 0.2) is 0 Å². The second-order valence-corrected chi connectivity index (χ2v) is 6.68. The SMILES string of the molecule is CCOc1ccc(C(=O)NC2CCN(C(=O)CC(C)C)CC2)cc1. The third-order valence-corrected chi connectivity index (χ3v) is 4.19. The van der Waals surface area contributed by atoms with Crippen LogP contribution >= 0.6 is 0 Å². The van der Waals surface area contributed by atoms with Gasteiger partial charge in [0.2, 0.25) is 5.91 Å². The molecule has 1 saturated heterocycles. The topological polar surface area (TPSA) is 58.6 Å². The van der Waals surface area contributed by atoms with E-state index in [1.165, 1.54) is 0 Å². The summed E-state index contributed by atoms with van der Waals surface area (Å²) < 4.78 is 5.38. The molecule has 0 radical (unpaired) electrons. The van der Waals surface area contributed by atoms with Crippen molar-refractivity contribution >= 4 is 11.8 Å². The van der Waals surface area contributed by atoms with Crippen LogP contribution in [-0.2, 0) is 4.79 Å². The number of nitrogens with one attached hydrogen (secondary N) is 1. The van der Waals surface area contributed by atoms with Gasteiger partial charge in [-0.25, -0.2) is 0 Å². The van der Waals surface area contributed by atoms with Crippen LogP contribution in [0.2, 0.25) is 0 Å². The first-order valence-corrected chi connectivity index (χ1v) is 8.81. The van der Waals surface area contributed by atoms with E-state index in [9.17, 15) is 9.59 Å². The fourth-order valence-electron chi connectivity index (χ4n) is 2.89. The van der Waals surface area contributed by atoms with Crippen LogP contribution in [-0.4, -0.2) is 42.5 Å². The Morgan fingerprint density at radius 2 is 1.83 bits per heavy atom. The zero-order chi connectivity index (χ0) is 17.5. The van der Waals surface area contributed by atoms with Crippen molar-refractivity contribution in [3.8, 4) is 5.75 Å². The first-order valence-electron chi connectivity index (χ1n) is 8.81. The maximum atomic E-state index is 12.3. The predicted molar refractivity (Wildman–Crippen MR) is 94.1 cm³/mol. The Labute approximate surface area is 144 Å². The summed E-state index contributed by atoms with van der Waals surface area (Å²) in [5, 5.41) is 3.07. The molecule has 1 aromatic rings. The van der Waals surface area contributed by atoms with Gasteiger partial charge in [0, 0.05) is 31.1 Å². The van der Waals surface area contributed by atoms with E-state index in [0.29, 0.717) is 24.5 Å². The van der Waals surface area contributed by atoms with Gasteiger partial charge in [0.25, 0.3) is 5.91 Å². The zero-order valence-electron chi connectivity index (χ0n) is 14.9. The average molecular weight is 332 g/mol. The van der Waals surface area contributed by atoms with Crippen LogP contribution in [0.5, 0.6) is 5.75 Å². The van der Waals surface area contributed by atoms with Crippen LogP contribution in [0, 0.1) is 5.92 Å². The molecule has 2 amide bonds. The Morgan fingerprint density at radius 1 is 1.21 bits per heavy atom. The van der Waals surface area contributed by atoms with E-state index in [1.54, 1.807) is 12.1 Å². The van der Waals surface area contributed by atoms with Crippen molar-refractivity contribution in [2.24, 2.45) is 5.92 Å². The minimum absolute atomic E-state index is 0.0648. The Kier molecular flexibility index (Phi) is 6.64. The first kappa shape index (κ1) is 18.3. The number of carbonyl (C=O) groups is 2. The summed E-state index contributed by atoms with van der Waals surface area (Å²) in [4.78, 5) is 26.3. The molecule has 2 rings (SSSR count). The standard InChI is InChI=1S/C19H28N2O3/c1-4-24-17-7-5-15(6-8-17)19(23)20-16-9-11-21(12-10-16)18(22)13-14(2)3/h5-8,14,16H,4,9-13H2,1-3H3,(H,20,23). The third-order valence-electron chi connectivity index (χ3n) is 4.19. The van der Waals surface area contributed by atoms with Gasteiger partial charge in [-0.05, 0) is 49.9 Å². The lowest BCUT2D eigenvalue weighted by molar-refractivity contribution is -0.133. The molecule has 1 aromatic carbocycles. The maximum absolute atomic E-state index is 12.3. The fourth-order valence-corrected chi connectivity index (χ4v) is 2.89. The molecular formula is C19H28N2O3. The molecule has 1 fully saturated rings. The number of hydrogen-bond acceptors (Lipinski definition) is 3. The number of amides is 2. The number of piperidine rings is 1. The maximum Gasteiger partial charge on any atom is 0.251 e. The molecule has 1 aliphatic rings. The molecule has 1 heterocycles. The molecule has 0 spiro atoms. The van der Waals surface area contributed by atoms with Crippen molar-refractivity contribution in [1.29, 1.82) is 0 Å². The van der Waals surface area contributed by atoms with Crippen LogP contribution in [0.1, 0.15) is 50.4 Å². The molecular weight excluding hydrogens is 304 g/mol. The largest absolute Gasteiger partial charge is 0.494 e. The highest BCUT2D eigenvalue weighted by molar-refractivity contribution is 5.94. The van der Waals surface area contributed by atoms with Crippen LogP contribution in [0.3, 0.4) is 0 Å². The normalized spacial score (nSPS) is 15.4. The van der Waals surface area contributed by atoms with Gasteiger partial charge in [-0.3, -0.25) is 9.59 Å². The van der Waals surface area contributed by atoms with Crippen LogP contribution in [0.4, 0.5) is 0 Å². The molecule has 24 heavy (non-hydrogen) atoms. The van der Waals surface area contributed by atoms with E-state index < -0.39 is 0 Å². The molecule has 0 atom stereocenters. The van der Waals surface area contributed by atoms with Gasteiger partial charge in [-0.1, -0.05) is 13.8 Å². The first-order chi connectivity index (χ1) is 11.5. The molecule has 1 N–H and O–H groups in total. The van der Waals surface area contributed by atoms with Crippen molar-refractivity contribution in [2.75, 3.05) is 19.7 Å². The van der Waals surface area contributed by atoms with Gasteiger partial charge < -0.3 is 15.0 Å². The van der Waals surface area contributed by atoms with Crippen LogP contribution in [0.25, 0.3) is 0 Å².